The molecule has 5 atom stereocenters. The van der Waals surface area contributed by atoms with Crippen molar-refractivity contribution in [3.63, 3.8) is 0 Å². The van der Waals surface area contributed by atoms with E-state index in [0.717, 1.165) is 12.8 Å². The summed E-state index contributed by atoms with van der Waals surface area (Å²) in [5, 5.41) is 11.9. The smallest absolute Gasteiger partial charge is 0.322 e. The number of aromatic hydroxyl groups is 1. The maximum Gasteiger partial charge on any atom is 0.322 e. The number of rotatable bonds is 10. The van der Waals surface area contributed by atoms with Gasteiger partial charge in [-0.2, -0.15) is 0 Å². The Morgan fingerprint density at radius 1 is 0.786 bits per heavy atom. The molecule has 0 spiro atoms. The van der Waals surface area contributed by atoms with Crippen LogP contribution in [-0.4, -0.2) is 66.5 Å². The second kappa shape index (κ2) is 21.8. The minimum atomic E-state index is -0.495. The number of likely N-dealkylation sites (N-methyl/N-ethyl adjacent to an activating group) is 1. The molecule has 6 rings (SSSR count). The predicted molar refractivity (Wildman–Crippen MR) is 233 cm³/mol. The van der Waals surface area contributed by atoms with Crippen molar-refractivity contribution in [2.75, 3.05) is 33.5 Å². The van der Waals surface area contributed by atoms with Crippen molar-refractivity contribution < 1.29 is 24.2 Å². The number of amides is 2. The number of carbonyl (C=O) groups excluding carboxylic acids is 2. The molecule has 1 N–H and O–H groups in total. The molecule has 1 fully saturated rings. The molecule has 5 unspecified atom stereocenters. The van der Waals surface area contributed by atoms with E-state index < -0.39 is 5.41 Å². The van der Waals surface area contributed by atoms with Crippen LogP contribution in [0.15, 0.2) is 84.9 Å². The van der Waals surface area contributed by atoms with Crippen LogP contribution in [0.25, 0.3) is 10.8 Å². The predicted octanol–water partition coefficient (Wildman–Crippen LogP) is 12.2. The van der Waals surface area contributed by atoms with E-state index in [-0.39, 0.29) is 24.8 Å². The third-order valence-electron chi connectivity index (χ3n) is 11.8. The number of phenolic OH excluding ortho intramolecular Hbond substituents is 1. The molecule has 2 amide bonds. The van der Waals surface area contributed by atoms with Crippen LogP contribution >= 0.6 is 0 Å². The fourth-order valence-corrected chi connectivity index (χ4v) is 6.83. The highest BCUT2D eigenvalue weighted by Gasteiger charge is 2.36. The van der Waals surface area contributed by atoms with E-state index in [4.69, 9.17) is 14.6 Å². The summed E-state index contributed by atoms with van der Waals surface area (Å²) in [6.07, 6.45) is 2.78. The number of hydrogen-bond acceptors (Lipinski definition) is 5. The van der Waals surface area contributed by atoms with Gasteiger partial charge in [0.2, 0.25) is 0 Å². The van der Waals surface area contributed by atoms with Gasteiger partial charge in [0.1, 0.15) is 18.6 Å². The molecule has 0 saturated carbocycles. The molecular weight excluding hydrogens is 697 g/mol. The van der Waals surface area contributed by atoms with Crippen molar-refractivity contribution in [2.24, 2.45) is 5.41 Å². The zero-order chi connectivity index (χ0) is 41.6. The highest BCUT2D eigenvalue weighted by Crippen LogP contribution is 2.45. The number of urea groups is 1. The molecule has 7 heteroatoms. The number of nitrogens with zero attached hydrogens (tertiary/aromatic N) is 2. The monoisotopic (exact) mass is 767 g/mol. The third-order valence-corrected chi connectivity index (χ3v) is 11.8. The molecule has 0 aromatic heterocycles. The third kappa shape index (κ3) is 12.3. The van der Waals surface area contributed by atoms with Crippen LogP contribution in [0, 0.1) is 12.3 Å². The first-order chi connectivity index (χ1) is 26.6. The van der Waals surface area contributed by atoms with E-state index >= 15 is 0 Å². The van der Waals surface area contributed by atoms with E-state index in [1.807, 2.05) is 39.8 Å². The van der Waals surface area contributed by atoms with Gasteiger partial charge in [-0.1, -0.05) is 127 Å². The highest BCUT2D eigenvalue weighted by atomic mass is 16.5. The Balaban J connectivity index is 0.000000207. The molecule has 7 nitrogen and oxygen atoms in total. The van der Waals surface area contributed by atoms with Crippen molar-refractivity contribution >= 4 is 22.8 Å². The number of benzene rings is 4. The number of esters is 1. The first-order valence-corrected chi connectivity index (χ1v) is 20.7. The number of ether oxygens (including phenoxy) is 2. The number of aryl methyl sites for hydroxylation is 1. The topological polar surface area (TPSA) is 79.3 Å². The standard InChI is InChI=1S/C14H26N2O4.C14H14.C11H16.C10H14O/c1-6-14(3,4)12(17)20-11-8-15(7-2)13(18)16(9-11)10-19-5;1-9-10(2)13-8-4-6-11-5-3-7-12(9)14(11)13;1-4-10(3)11-7-5-9(2)6-8-11;1-3-8(2)9-4-6-10(11)7-5-9/h11H,6-10H2,1-5H3;3-10H,1-2H3;5-8,10H,4H2,1-3H3;4-8,11H,3H2,1-2H3. The Labute approximate surface area is 338 Å². The van der Waals surface area contributed by atoms with Crippen LogP contribution in [0.4, 0.5) is 4.79 Å². The summed E-state index contributed by atoms with van der Waals surface area (Å²) in [7, 11) is 1.54. The number of methoxy groups -OCH3 is 1. The summed E-state index contributed by atoms with van der Waals surface area (Å²) in [6.45, 7) is 24.9. The van der Waals surface area contributed by atoms with Crippen LogP contribution in [0.5, 0.6) is 5.75 Å². The van der Waals surface area contributed by atoms with E-state index in [1.165, 1.54) is 45.0 Å². The summed E-state index contributed by atoms with van der Waals surface area (Å²) >= 11 is 0. The van der Waals surface area contributed by atoms with Crippen molar-refractivity contribution in [3.8, 4) is 5.75 Å². The zero-order valence-corrected chi connectivity index (χ0v) is 36.4. The second-order valence-electron chi connectivity index (χ2n) is 16.2. The molecule has 1 saturated heterocycles. The fraction of sp³-hybridized carbons (Fsp3) is 0.510. The van der Waals surface area contributed by atoms with Gasteiger partial charge in [-0.25, -0.2) is 4.79 Å². The zero-order valence-electron chi connectivity index (χ0n) is 36.4. The minimum Gasteiger partial charge on any atom is -0.508 e. The average Bonchev–Trinajstić information content (AvgIpc) is 3.46. The van der Waals surface area contributed by atoms with Gasteiger partial charge in [0, 0.05) is 13.7 Å². The molecule has 4 aromatic carbocycles. The number of carbonyl (C=O) groups is 2. The molecule has 1 aliphatic carbocycles. The van der Waals surface area contributed by atoms with E-state index in [2.05, 4.69) is 109 Å². The molecule has 0 bridgehead atoms. The van der Waals surface area contributed by atoms with Crippen molar-refractivity contribution in [3.05, 3.63) is 113 Å². The summed E-state index contributed by atoms with van der Waals surface area (Å²) in [6, 6.07) is 29.5. The van der Waals surface area contributed by atoms with E-state index in [9.17, 15) is 9.59 Å². The summed E-state index contributed by atoms with van der Waals surface area (Å²) in [5.41, 5.74) is 6.67. The first kappa shape index (κ1) is 46.0. The lowest BCUT2D eigenvalue weighted by molar-refractivity contribution is -0.163. The molecule has 4 aromatic rings. The van der Waals surface area contributed by atoms with Crippen molar-refractivity contribution in [1.82, 2.24) is 9.80 Å². The van der Waals surface area contributed by atoms with Crippen LogP contribution in [0.3, 0.4) is 0 Å². The SMILES string of the molecule is CC1c2cccc3cccc(c23)C1C.CCC(C)c1ccc(C)cc1.CCC(C)c1ccc(O)cc1.CCN1CC(OC(=O)C(C)(C)CC)CN(COC)C1=O. The quantitative estimate of drug-likeness (QED) is 0.163. The van der Waals surface area contributed by atoms with Gasteiger partial charge in [-0.15, -0.1) is 0 Å². The van der Waals surface area contributed by atoms with Gasteiger partial charge in [0.25, 0.3) is 0 Å². The molecular formula is C49H70N2O5. The number of phenols is 1. The Morgan fingerprint density at radius 2 is 1.27 bits per heavy atom. The van der Waals surface area contributed by atoms with E-state index in [0.29, 0.717) is 49.1 Å². The van der Waals surface area contributed by atoms with Gasteiger partial charge < -0.3 is 19.5 Å². The van der Waals surface area contributed by atoms with Gasteiger partial charge in [-0.3, -0.25) is 9.69 Å². The Morgan fingerprint density at radius 3 is 1.71 bits per heavy atom. The van der Waals surface area contributed by atoms with Crippen LogP contribution in [0.1, 0.15) is 140 Å². The largest absolute Gasteiger partial charge is 0.508 e. The molecule has 1 aliphatic heterocycles. The maximum atomic E-state index is 12.1. The Bertz CT molecular complexity index is 1710. The molecule has 56 heavy (non-hydrogen) atoms. The lowest BCUT2D eigenvalue weighted by Gasteiger charge is -2.39. The Hall–Kier alpha value is -4.36. The fourth-order valence-electron chi connectivity index (χ4n) is 6.83. The number of hydrogen-bond donors (Lipinski definition) is 1. The van der Waals surface area contributed by atoms with Gasteiger partial charge in [0.05, 0.1) is 18.5 Å². The van der Waals surface area contributed by atoms with Crippen molar-refractivity contribution in [2.45, 2.75) is 125 Å². The highest BCUT2D eigenvalue weighted by molar-refractivity contribution is 5.92. The first-order valence-electron chi connectivity index (χ1n) is 20.7. The maximum absolute atomic E-state index is 12.1. The molecule has 1 heterocycles. The summed E-state index contributed by atoms with van der Waals surface area (Å²) in [5.74, 6) is 2.78. The summed E-state index contributed by atoms with van der Waals surface area (Å²) < 4.78 is 10.6. The molecule has 2 aliphatic rings. The van der Waals surface area contributed by atoms with Gasteiger partial charge in [-0.05, 0) is 116 Å². The van der Waals surface area contributed by atoms with Gasteiger partial charge >= 0.3 is 12.0 Å². The van der Waals surface area contributed by atoms with Crippen LogP contribution in [-0.2, 0) is 14.3 Å². The van der Waals surface area contributed by atoms with E-state index in [1.54, 1.807) is 29.0 Å². The second-order valence-corrected chi connectivity index (χ2v) is 16.2. The molecule has 306 valence electrons. The summed E-state index contributed by atoms with van der Waals surface area (Å²) in [4.78, 5) is 27.4. The van der Waals surface area contributed by atoms with Crippen molar-refractivity contribution in [1.29, 1.82) is 0 Å². The molecule has 0 radical (unpaired) electrons. The lowest BCUT2D eigenvalue weighted by atomic mass is 9.90. The van der Waals surface area contributed by atoms with Crippen LogP contribution in [0.2, 0.25) is 0 Å². The van der Waals surface area contributed by atoms with Gasteiger partial charge in [0.15, 0.2) is 0 Å². The van der Waals surface area contributed by atoms with Crippen LogP contribution < -0.4 is 0 Å². The minimum absolute atomic E-state index is 0.0728. The average molecular weight is 767 g/mol. The lowest BCUT2D eigenvalue weighted by Crippen LogP contribution is -2.57. The normalized spacial score (nSPS) is 18.4. The Kier molecular flexibility index (Phi) is 17.9.